The molecule has 1 aliphatic rings. The maximum atomic E-state index is 11.8. The van der Waals surface area contributed by atoms with Crippen molar-refractivity contribution in [1.29, 1.82) is 0 Å². The van der Waals surface area contributed by atoms with Crippen molar-refractivity contribution in [2.45, 2.75) is 37.6 Å². The number of halogens is 1. The van der Waals surface area contributed by atoms with Crippen molar-refractivity contribution in [1.82, 2.24) is 8.85 Å². The van der Waals surface area contributed by atoms with Gasteiger partial charge in [-0.1, -0.05) is 6.08 Å². The number of nitrogens with two attached hydrogens (primary N) is 2. The van der Waals surface area contributed by atoms with Gasteiger partial charge >= 0.3 is 5.97 Å². The summed E-state index contributed by atoms with van der Waals surface area (Å²) in [4.78, 5) is 38.7. The fraction of sp³-hybridized carbons (Fsp3) is 0.600. The van der Waals surface area contributed by atoms with Crippen molar-refractivity contribution in [3.63, 3.8) is 0 Å². The van der Waals surface area contributed by atoms with Crippen molar-refractivity contribution in [3.8, 4) is 0 Å². The highest BCUT2D eigenvalue weighted by atomic mass is 127. The van der Waals surface area contributed by atoms with Gasteiger partial charge in [-0.05, 0) is 0 Å². The average molecular weight is 513 g/mol. The van der Waals surface area contributed by atoms with Gasteiger partial charge in [-0.25, -0.2) is 9.79 Å². The molecule has 5 atom stereocenters. The van der Waals surface area contributed by atoms with E-state index in [9.17, 15) is 29.7 Å². The SMILES string of the molecule is CC(=O)N[C@@H]([C@@H]1C=C(C(=O)O)C[C@H]1N=C(N)N)[C@@H](OCC(=O)NI)[C@@H](O)CO. The Kier molecular flexibility index (Phi) is 9.57. The first-order chi connectivity index (χ1) is 13.1. The Labute approximate surface area is 174 Å². The maximum absolute atomic E-state index is 11.8. The third kappa shape index (κ3) is 6.88. The lowest BCUT2D eigenvalue weighted by molar-refractivity contribution is -0.135. The van der Waals surface area contributed by atoms with Crippen molar-refractivity contribution < 1.29 is 34.4 Å². The third-order valence-corrected chi connectivity index (χ3v) is 4.68. The van der Waals surface area contributed by atoms with E-state index in [-0.39, 0.29) is 18.0 Å². The summed E-state index contributed by atoms with van der Waals surface area (Å²) in [5.41, 5.74) is 10.9. The van der Waals surface area contributed by atoms with E-state index < -0.39 is 61.2 Å². The van der Waals surface area contributed by atoms with Crippen molar-refractivity contribution >= 4 is 46.6 Å². The molecule has 1 aliphatic carbocycles. The van der Waals surface area contributed by atoms with Crippen molar-refractivity contribution in [3.05, 3.63) is 11.6 Å². The molecule has 0 aromatic rings. The number of carboxylic acid groups (broad SMARTS) is 1. The lowest BCUT2D eigenvalue weighted by atomic mass is 9.88. The zero-order valence-corrected chi connectivity index (χ0v) is 17.2. The van der Waals surface area contributed by atoms with Crippen LogP contribution in [0.1, 0.15) is 13.3 Å². The zero-order valence-electron chi connectivity index (χ0n) is 15.0. The van der Waals surface area contributed by atoms with Gasteiger partial charge in [0, 0.05) is 24.8 Å². The number of aliphatic hydroxyl groups is 2. The normalized spacial score (nSPS) is 21.8. The number of amides is 2. The van der Waals surface area contributed by atoms with E-state index in [0.717, 1.165) is 0 Å². The highest BCUT2D eigenvalue weighted by Gasteiger charge is 2.42. The highest BCUT2D eigenvalue weighted by Crippen LogP contribution is 2.32. The number of rotatable bonds is 10. The molecule has 0 unspecified atom stereocenters. The van der Waals surface area contributed by atoms with Gasteiger partial charge in [-0.3, -0.25) is 13.1 Å². The van der Waals surface area contributed by atoms with E-state index in [1.807, 2.05) is 0 Å². The molecule has 0 spiro atoms. The Morgan fingerprint density at radius 3 is 2.54 bits per heavy atom. The molecule has 0 fully saturated rings. The second kappa shape index (κ2) is 11.1. The second-order valence-electron chi connectivity index (χ2n) is 6.17. The molecule has 0 radical (unpaired) electrons. The van der Waals surface area contributed by atoms with Crippen LogP contribution in [0.15, 0.2) is 16.6 Å². The summed E-state index contributed by atoms with van der Waals surface area (Å²) in [6.45, 7) is 0.0387. The van der Waals surface area contributed by atoms with Gasteiger partial charge in [0.1, 0.15) is 18.8 Å². The summed E-state index contributed by atoms with van der Waals surface area (Å²) >= 11 is 1.61. The number of carboxylic acids is 1. The summed E-state index contributed by atoms with van der Waals surface area (Å²) in [6, 6.07) is -1.77. The summed E-state index contributed by atoms with van der Waals surface area (Å²) in [5.74, 6) is -3.23. The van der Waals surface area contributed by atoms with E-state index in [0.29, 0.717) is 0 Å². The molecular formula is C15H24IN5O7. The molecule has 0 aromatic carbocycles. The van der Waals surface area contributed by atoms with Gasteiger partial charge in [-0.2, -0.15) is 0 Å². The minimum atomic E-state index is -1.47. The van der Waals surface area contributed by atoms with Crippen LogP contribution in [0.4, 0.5) is 0 Å². The monoisotopic (exact) mass is 513 g/mol. The van der Waals surface area contributed by atoms with Crippen LogP contribution in [0.25, 0.3) is 0 Å². The van der Waals surface area contributed by atoms with Gasteiger partial charge < -0.3 is 36.8 Å². The highest BCUT2D eigenvalue weighted by molar-refractivity contribution is 14.1. The number of hydrogen-bond donors (Lipinski definition) is 7. The summed E-state index contributed by atoms with van der Waals surface area (Å²) in [5, 5.41) is 31.5. The van der Waals surface area contributed by atoms with Crippen LogP contribution < -0.4 is 20.3 Å². The number of nitrogens with zero attached hydrogens (tertiary/aromatic N) is 1. The largest absolute Gasteiger partial charge is 0.478 e. The number of hydrogen-bond acceptors (Lipinski definition) is 7. The van der Waals surface area contributed by atoms with E-state index in [1.165, 1.54) is 13.0 Å². The molecule has 0 saturated carbocycles. The first-order valence-corrected chi connectivity index (χ1v) is 9.28. The molecule has 158 valence electrons. The molecule has 12 nitrogen and oxygen atoms in total. The molecule has 0 bridgehead atoms. The summed E-state index contributed by atoms with van der Waals surface area (Å²) in [6.07, 6.45) is -1.35. The molecule has 28 heavy (non-hydrogen) atoms. The lowest BCUT2D eigenvalue weighted by Crippen LogP contribution is -2.56. The van der Waals surface area contributed by atoms with Gasteiger partial charge in [0.2, 0.25) is 5.91 Å². The maximum Gasteiger partial charge on any atom is 0.331 e. The van der Waals surface area contributed by atoms with E-state index in [4.69, 9.17) is 16.2 Å². The minimum absolute atomic E-state index is 0.00976. The molecule has 9 N–H and O–H groups in total. The number of carbonyl (C=O) groups excluding carboxylic acids is 2. The smallest absolute Gasteiger partial charge is 0.331 e. The number of guanidine groups is 1. The Hall–Kier alpha value is -1.97. The van der Waals surface area contributed by atoms with Crippen LogP contribution in [0, 0.1) is 5.92 Å². The van der Waals surface area contributed by atoms with Gasteiger partial charge in [0.15, 0.2) is 5.96 Å². The minimum Gasteiger partial charge on any atom is -0.478 e. The average Bonchev–Trinajstić information content (AvgIpc) is 3.03. The molecule has 0 aromatic heterocycles. The number of aliphatic imine (C=N–C) groups is 1. The lowest BCUT2D eigenvalue weighted by Gasteiger charge is -2.35. The standard InChI is InChI=1S/C15H24IN5O7/c1-6(23)19-12(13(10(24)4-22)28-5-11(25)21-16)8-2-7(14(26)27)3-9(8)20-15(17)18/h2,8-10,12-13,22,24H,3-5H2,1H3,(H,19,23)(H,21,25)(H,26,27)(H4,17,18,20)/t8-,9-,10+,12+,13+/m1/s1. The van der Waals surface area contributed by atoms with Crippen LogP contribution in [0.2, 0.25) is 0 Å². The Bertz CT molecular complexity index is 653. The summed E-state index contributed by atoms with van der Waals surface area (Å²) in [7, 11) is 0. The number of carbonyl (C=O) groups is 3. The van der Waals surface area contributed by atoms with E-state index in [1.54, 1.807) is 22.9 Å². The van der Waals surface area contributed by atoms with Crippen LogP contribution in [-0.4, -0.2) is 76.6 Å². The predicted octanol–water partition coefficient (Wildman–Crippen LogP) is -2.63. The third-order valence-electron chi connectivity index (χ3n) is 4.07. The fourth-order valence-corrected chi connectivity index (χ4v) is 3.14. The van der Waals surface area contributed by atoms with Crippen LogP contribution in [0.3, 0.4) is 0 Å². The topological polar surface area (TPSA) is 210 Å². The Balaban J connectivity index is 3.31. The molecule has 13 heteroatoms. The van der Waals surface area contributed by atoms with Gasteiger partial charge in [0.05, 0.1) is 41.6 Å². The molecule has 0 heterocycles. The van der Waals surface area contributed by atoms with Gasteiger partial charge in [-0.15, -0.1) is 0 Å². The fourth-order valence-electron chi connectivity index (χ4n) is 2.99. The van der Waals surface area contributed by atoms with Crippen LogP contribution >= 0.6 is 22.9 Å². The Morgan fingerprint density at radius 1 is 1.43 bits per heavy atom. The van der Waals surface area contributed by atoms with Crippen LogP contribution in [-0.2, 0) is 19.1 Å². The molecule has 2 amide bonds. The second-order valence-corrected chi connectivity index (χ2v) is 6.71. The van der Waals surface area contributed by atoms with Crippen molar-refractivity contribution in [2.24, 2.45) is 22.4 Å². The summed E-state index contributed by atoms with van der Waals surface area (Å²) < 4.78 is 7.76. The number of aliphatic hydroxyl groups excluding tert-OH is 2. The quantitative estimate of drug-likeness (QED) is 0.0704. The molecule has 1 rings (SSSR count). The first kappa shape index (κ1) is 24.1. The molecule has 0 saturated heterocycles. The van der Waals surface area contributed by atoms with E-state index >= 15 is 0 Å². The zero-order chi connectivity index (χ0) is 21.4. The van der Waals surface area contributed by atoms with Gasteiger partial charge in [0.25, 0.3) is 5.91 Å². The predicted molar refractivity (Wildman–Crippen MR) is 106 cm³/mol. The van der Waals surface area contributed by atoms with Crippen LogP contribution in [0.5, 0.6) is 0 Å². The van der Waals surface area contributed by atoms with E-state index in [2.05, 4.69) is 13.8 Å². The number of aliphatic carboxylic acids is 1. The Morgan fingerprint density at radius 2 is 2.07 bits per heavy atom. The van der Waals surface area contributed by atoms with Crippen molar-refractivity contribution in [2.75, 3.05) is 13.2 Å². The number of ether oxygens (including phenoxy) is 1. The molecular weight excluding hydrogens is 489 g/mol. The number of nitrogens with one attached hydrogen (secondary N) is 2. The first-order valence-electron chi connectivity index (χ1n) is 8.20. The molecule has 0 aliphatic heterocycles.